The van der Waals surface area contributed by atoms with E-state index in [9.17, 15) is 13.2 Å². The molecule has 0 aliphatic heterocycles. The number of hydrogen-bond donors (Lipinski definition) is 1. The van der Waals surface area contributed by atoms with Crippen molar-refractivity contribution < 1.29 is 13.2 Å². The number of hydrogen-bond acceptors (Lipinski definition) is 4. The van der Waals surface area contributed by atoms with Gasteiger partial charge in [0, 0.05) is 33.7 Å². The number of anilines is 1. The van der Waals surface area contributed by atoms with Gasteiger partial charge in [0.15, 0.2) is 0 Å². The minimum Gasteiger partial charge on any atom is -0.351 e. The van der Waals surface area contributed by atoms with Gasteiger partial charge in [-0.05, 0) is 72.5 Å². The van der Waals surface area contributed by atoms with Crippen LogP contribution in [0.4, 0.5) is 5.69 Å². The second-order valence-corrected chi connectivity index (χ2v) is 12.1. The van der Waals surface area contributed by atoms with Gasteiger partial charge in [-0.3, -0.25) is 9.10 Å². The van der Waals surface area contributed by atoms with Crippen LogP contribution < -0.4 is 9.62 Å². The molecule has 186 valence electrons. The topological polar surface area (TPSA) is 66.5 Å². The number of amides is 1. The highest BCUT2D eigenvalue weighted by atomic mass is 35.5. The van der Waals surface area contributed by atoms with E-state index in [0.717, 1.165) is 33.8 Å². The smallest absolute Gasteiger partial charge is 0.251 e. The van der Waals surface area contributed by atoms with Crippen molar-refractivity contribution in [2.75, 3.05) is 22.9 Å². The van der Waals surface area contributed by atoms with E-state index in [-0.39, 0.29) is 12.5 Å². The maximum absolute atomic E-state index is 12.5. The van der Waals surface area contributed by atoms with Gasteiger partial charge < -0.3 is 5.32 Å². The molecule has 1 N–H and O–H groups in total. The van der Waals surface area contributed by atoms with E-state index in [0.29, 0.717) is 27.8 Å². The summed E-state index contributed by atoms with van der Waals surface area (Å²) in [5.74, 6) is 1.30. The molecule has 35 heavy (non-hydrogen) atoms. The third kappa shape index (κ3) is 7.90. The number of aryl methyl sites for hydroxylation is 2. The Bertz CT molecular complexity index is 1300. The molecule has 9 heteroatoms. The Morgan fingerprint density at radius 1 is 0.971 bits per heavy atom. The van der Waals surface area contributed by atoms with Crippen molar-refractivity contribution in [3.8, 4) is 0 Å². The van der Waals surface area contributed by atoms with Crippen molar-refractivity contribution in [2.45, 2.75) is 26.1 Å². The van der Waals surface area contributed by atoms with Crippen molar-refractivity contribution >= 4 is 56.6 Å². The fourth-order valence-corrected chi connectivity index (χ4v) is 5.66. The Kier molecular flexibility index (Phi) is 9.53. The highest BCUT2D eigenvalue weighted by molar-refractivity contribution is 7.98. The number of carbonyl (C=O) groups excluding carboxylic acids is 1. The molecule has 0 aliphatic carbocycles. The van der Waals surface area contributed by atoms with E-state index in [1.807, 2.05) is 44.2 Å². The first-order valence-electron chi connectivity index (χ1n) is 11.0. The standard InChI is InChI=1S/C26H28Cl2N2O3S2/c1-18-4-11-24(14-19(18)2)30(35(3,32)33)16-20-5-7-21(8-6-20)26(31)29-12-13-34-17-22-9-10-23(27)15-25(22)28/h4-11,14-15H,12-13,16-17H2,1-3H3,(H,29,31). The lowest BCUT2D eigenvalue weighted by Gasteiger charge is -2.23. The van der Waals surface area contributed by atoms with E-state index < -0.39 is 10.0 Å². The second kappa shape index (κ2) is 12.2. The van der Waals surface area contributed by atoms with Gasteiger partial charge in [-0.2, -0.15) is 11.8 Å². The van der Waals surface area contributed by atoms with Crippen LogP contribution in [-0.2, 0) is 22.3 Å². The third-order valence-electron chi connectivity index (χ3n) is 5.53. The van der Waals surface area contributed by atoms with Crippen molar-refractivity contribution in [2.24, 2.45) is 0 Å². The van der Waals surface area contributed by atoms with Crippen LogP contribution >= 0.6 is 35.0 Å². The van der Waals surface area contributed by atoms with Crippen molar-refractivity contribution in [3.05, 3.63) is 98.5 Å². The maximum Gasteiger partial charge on any atom is 0.251 e. The predicted molar refractivity (Wildman–Crippen MR) is 148 cm³/mol. The first-order valence-corrected chi connectivity index (χ1v) is 14.7. The molecule has 3 rings (SSSR count). The molecule has 0 atom stereocenters. The molecule has 0 radical (unpaired) electrons. The van der Waals surface area contributed by atoms with Gasteiger partial charge in [0.1, 0.15) is 0 Å². The van der Waals surface area contributed by atoms with Gasteiger partial charge in [-0.25, -0.2) is 8.42 Å². The summed E-state index contributed by atoms with van der Waals surface area (Å²) in [6, 6.07) is 18.0. The summed E-state index contributed by atoms with van der Waals surface area (Å²) >= 11 is 13.8. The summed E-state index contributed by atoms with van der Waals surface area (Å²) in [4.78, 5) is 12.5. The first-order chi connectivity index (χ1) is 16.5. The minimum atomic E-state index is -3.48. The lowest BCUT2D eigenvalue weighted by atomic mass is 10.1. The van der Waals surface area contributed by atoms with Gasteiger partial charge in [0.05, 0.1) is 18.5 Å². The number of thioether (sulfide) groups is 1. The Balaban J connectivity index is 1.54. The van der Waals surface area contributed by atoms with E-state index in [1.165, 1.54) is 10.6 Å². The van der Waals surface area contributed by atoms with Gasteiger partial charge in [0.25, 0.3) is 5.91 Å². The lowest BCUT2D eigenvalue weighted by Crippen LogP contribution is -2.29. The van der Waals surface area contributed by atoms with Crippen LogP contribution in [0, 0.1) is 13.8 Å². The third-order valence-corrected chi connectivity index (χ3v) is 8.26. The molecule has 0 heterocycles. The molecule has 0 spiro atoms. The van der Waals surface area contributed by atoms with Crippen LogP contribution in [0.15, 0.2) is 60.7 Å². The number of carbonyl (C=O) groups is 1. The van der Waals surface area contributed by atoms with Crippen LogP contribution in [0.5, 0.6) is 0 Å². The van der Waals surface area contributed by atoms with Crippen molar-refractivity contribution in [3.63, 3.8) is 0 Å². The summed E-state index contributed by atoms with van der Waals surface area (Å²) in [6.07, 6.45) is 1.20. The average Bonchev–Trinajstić information content (AvgIpc) is 2.80. The molecule has 3 aromatic carbocycles. The zero-order valence-electron chi connectivity index (χ0n) is 19.8. The fourth-order valence-electron chi connectivity index (χ4n) is 3.37. The predicted octanol–water partition coefficient (Wildman–Crippen LogP) is 6.24. The molecule has 3 aromatic rings. The summed E-state index contributed by atoms with van der Waals surface area (Å²) < 4.78 is 26.3. The van der Waals surface area contributed by atoms with Crippen LogP contribution in [0.2, 0.25) is 10.0 Å². The zero-order valence-corrected chi connectivity index (χ0v) is 23.0. The zero-order chi connectivity index (χ0) is 25.6. The number of nitrogens with one attached hydrogen (secondary N) is 1. The molecule has 0 unspecified atom stereocenters. The highest BCUT2D eigenvalue weighted by Crippen LogP contribution is 2.25. The second-order valence-electron chi connectivity index (χ2n) is 8.28. The van der Waals surface area contributed by atoms with Crippen molar-refractivity contribution in [1.82, 2.24) is 5.32 Å². The van der Waals surface area contributed by atoms with Crippen molar-refractivity contribution in [1.29, 1.82) is 0 Å². The van der Waals surface area contributed by atoms with Crippen LogP contribution in [-0.4, -0.2) is 32.9 Å². The lowest BCUT2D eigenvalue weighted by molar-refractivity contribution is 0.0956. The number of sulfonamides is 1. The quantitative estimate of drug-likeness (QED) is 0.303. The maximum atomic E-state index is 12.5. The number of rotatable bonds is 10. The summed E-state index contributed by atoms with van der Waals surface area (Å²) in [5.41, 5.74) is 5.07. The van der Waals surface area contributed by atoms with Gasteiger partial charge in [0.2, 0.25) is 10.0 Å². The van der Waals surface area contributed by atoms with E-state index >= 15 is 0 Å². The molecular weight excluding hydrogens is 523 g/mol. The molecule has 5 nitrogen and oxygen atoms in total. The molecule has 0 saturated carbocycles. The molecule has 1 amide bonds. The van der Waals surface area contributed by atoms with E-state index in [2.05, 4.69) is 5.32 Å². The normalized spacial score (nSPS) is 11.3. The Morgan fingerprint density at radius 2 is 1.69 bits per heavy atom. The van der Waals surface area contributed by atoms with Gasteiger partial charge >= 0.3 is 0 Å². The summed E-state index contributed by atoms with van der Waals surface area (Å²) in [6.45, 7) is 4.65. The molecule has 0 aliphatic rings. The van der Waals surface area contributed by atoms with E-state index in [4.69, 9.17) is 23.2 Å². The van der Waals surface area contributed by atoms with E-state index in [1.54, 1.807) is 42.1 Å². The number of benzene rings is 3. The highest BCUT2D eigenvalue weighted by Gasteiger charge is 2.18. The van der Waals surface area contributed by atoms with Crippen LogP contribution in [0.3, 0.4) is 0 Å². The number of nitrogens with zero attached hydrogens (tertiary/aromatic N) is 1. The van der Waals surface area contributed by atoms with Crippen LogP contribution in [0.1, 0.15) is 32.6 Å². The molecule has 0 saturated heterocycles. The Labute approximate surface area is 221 Å². The van der Waals surface area contributed by atoms with Crippen LogP contribution in [0.25, 0.3) is 0 Å². The minimum absolute atomic E-state index is 0.171. The molecule has 0 fully saturated rings. The average molecular weight is 552 g/mol. The Morgan fingerprint density at radius 3 is 2.31 bits per heavy atom. The fraction of sp³-hybridized carbons (Fsp3) is 0.269. The Hall–Kier alpha value is -2.19. The molecule has 0 aromatic heterocycles. The van der Waals surface area contributed by atoms with Gasteiger partial charge in [-0.1, -0.05) is 47.5 Å². The van der Waals surface area contributed by atoms with Gasteiger partial charge in [-0.15, -0.1) is 0 Å². The first kappa shape index (κ1) is 27.4. The molecule has 0 bridgehead atoms. The number of halogens is 2. The summed E-state index contributed by atoms with van der Waals surface area (Å²) in [7, 11) is -3.48. The SMILES string of the molecule is Cc1ccc(N(Cc2ccc(C(=O)NCCSCc3ccc(Cl)cc3Cl)cc2)S(C)(=O)=O)cc1C. The monoisotopic (exact) mass is 550 g/mol. The molecular formula is C26H28Cl2N2O3S2. The summed E-state index contributed by atoms with van der Waals surface area (Å²) in [5, 5.41) is 4.16. The largest absolute Gasteiger partial charge is 0.351 e.